The van der Waals surface area contributed by atoms with Crippen molar-refractivity contribution in [2.45, 2.75) is 32.9 Å². The Morgan fingerprint density at radius 1 is 0.560 bits per heavy atom. The molecule has 8 aromatic carbocycles. The Bertz CT molecular complexity index is 1940. The topological polar surface area (TPSA) is 0 Å². The van der Waals surface area contributed by atoms with Gasteiger partial charge in [0, 0.05) is 0 Å². The molecule has 254 valence electrons. The average Bonchev–Trinajstić information content (AvgIpc) is 3.93. The minimum Gasteiger partial charge on any atom is -1.00 e. The van der Waals surface area contributed by atoms with Crippen molar-refractivity contribution in [2.24, 2.45) is 0 Å². The van der Waals surface area contributed by atoms with Gasteiger partial charge in [-0.15, -0.1) is 69.1 Å². The van der Waals surface area contributed by atoms with Crippen molar-refractivity contribution in [3.05, 3.63) is 193 Å². The van der Waals surface area contributed by atoms with Crippen molar-refractivity contribution < 1.29 is 65.2 Å². The quantitative estimate of drug-likeness (QED) is 0.136. The zero-order valence-corrected chi connectivity index (χ0v) is 34.8. The van der Waals surface area contributed by atoms with Gasteiger partial charge in [-0.1, -0.05) is 97.8 Å². The van der Waals surface area contributed by atoms with Crippen LogP contribution in [0, 0.1) is 13.8 Å². The van der Waals surface area contributed by atoms with Gasteiger partial charge < -0.3 is 24.8 Å². The van der Waals surface area contributed by atoms with E-state index in [1.54, 1.807) is 23.3 Å². The third kappa shape index (κ3) is 13.0. The molecule has 0 fully saturated rings. The van der Waals surface area contributed by atoms with E-state index in [-0.39, 0.29) is 47.3 Å². The molecule has 0 amide bonds. The van der Waals surface area contributed by atoms with Gasteiger partial charge in [0.05, 0.1) is 0 Å². The summed E-state index contributed by atoms with van der Waals surface area (Å²) < 4.78 is 0. The van der Waals surface area contributed by atoms with E-state index in [1.165, 1.54) is 73.0 Å². The predicted octanol–water partition coefficient (Wildman–Crippen LogP) is 6.60. The van der Waals surface area contributed by atoms with Gasteiger partial charge in [-0.05, 0) is 11.1 Å². The molecule has 8 rings (SSSR count). The first-order valence-electron chi connectivity index (χ1n) is 16.3. The fourth-order valence-corrected chi connectivity index (χ4v) is 7.33. The van der Waals surface area contributed by atoms with Crippen LogP contribution in [0.2, 0.25) is 12.6 Å². The zero-order chi connectivity index (χ0) is 32.8. The van der Waals surface area contributed by atoms with Crippen molar-refractivity contribution in [3.8, 4) is 22.3 Å². The van der Waals surface area contributed by atoms with Crippen LogP contribution in [0.25, 0.3) is 43.8 Å². The molecule has 0 spiro atoms. The zero-order valence-electron chi connectivity index (χ0n) is 28.8. The Morgan fingerprint density at radius 3 is 1.42 bits per heavy atom. The minimum absolute atomic E-state index is 0. The third-order valence-corrected chi connectivity index (χ3v) is 10.9. The fourth-order valence-electron chi connectivity index (χ4n) is 5.74. The van der Waals surface area contributed by atoms with Crippen LogP contribution in [-0.2, 0) is 46.8 Å². The van der Waals surface area contributed by atoms with Crippen molar-refractivity contribution in [2.75, 3.05) is 0 Å². The van der Waals surface area contributed by atoms with Crippen LogP contribution in [-0.4, -0.2) is 5.43 Å². The SMILES string of the molecule is C[Si](=[Zr+2])CCc1ccc[cH-]1.Cc1cc2c(-c3ccccc3)cccc2[cH-]1.Cc1cc2c(-c3ccccc3)cccc2[cH-]1.[Cl-].[Cl-].[Fe+2].c1cc[cH-]c1. The van der Waals surface area contributed by atoms with Crippen LogP contribution in [0.3, 0.4) is 0 Å². The number of benzene rings is 4. The second kappa shape index (κ2) is 22.7. The molecule has 0 nitrogen and oxygen atoms in total. The van der Waals surface area contributed by atoms with Gasteiger partial charge in [0.1, 0.15) is 0 Å². The van der Waals surface area contributed by atoms with Crippen LogP contribution in [0.15, 0.2) is 176 Å². The van der Waals surface area contributed by atoms with E-state index >= 15 is 0 Å². The first-order valence-corrected chi connectivity index (χ1v) is 22.2. The summed E-state index contributed by atoms with van der Waals surface area (Å²) in [7, 11) is 0. The number of halogens is 2. The minimum atomic E-state index is 0. The van der Waals surface area contributed by atoms with Gasteiger partial charge >= 0.3 is 94.7 Å². The summed E-state index contributed by atoms with van der Waals surface area (Å²) in [5.74, 6) is 0. The van der Waals surface area contributed by atoms with Crippen molar-refractivity contribution in [1.29, 1.82) is 0 Å². The third-order valence-electron chi connectivity index (χ3n) is 8.04. The molecule has 0 heterocycles. The molecule has 0 N–H and O–H groups in total. The Kier molecular flexibility index (Phi) is 19.6. The molecule has 0 unspecified atom stereocenters. The van der Waals surface area contributed by atoms with Gasteiger partial charge in [-0.3, -0.25) is 0 Å². The molecule has 50 heavy (non-hydrogen) atoms. The van der Waals surface area contributed by atoms with Gasteiger partial charge in [0.25, 0.3) is 0 Å². The monoisotopic (exact) mass is 826 g/mol. The normalized spacial score (nSPS) is 9.70. The number of hydrogen-bond acceptors (Lipinski definition) is 0. The van der Waals surface area contributed by atoms with Crippen LogP contribution >= 0.6 is 0 Å². The summed E-state index contributed by atoms with van der Waals surface area (Å²) in [6, 6.07) is 63.3. The summed E-state index contributed by atoms with van der Waals surface area (Å²) in [5, 5.41) is 5.37. The standard InChI is InChI=1S/2C16H13.C8H11Si.C5H5.2ClH.Fe.Zr/c2*1-12-10-14-8-5-9-15(16(14)11-12)13-6-3-2-4-7-13;1-9-7-6-8-4-2-3-5-8;1-2-4-5-3-1;;;;/h2*2-11H,1H3;2-5H,6-7H2,1H3;1-5H;2*1H;;/q4*-1;;;2*+2/p-2. The van der Waals surface area contributed by atoms with E-state index in [2.05, 4.69) is 166 Å². The molecule has 0 aliphatic rings. The largest absolute Gasteiger partial charge is 2.00 e. The molecule has 0 saturated heterocycles. The summed E-state index contributed by atoms with van der Waals surface area (Å²) >= 11 is 1.77. The Balaban J connectivity index is 0.000000241. The number of rotatable bonds is 5. The summed E-state index contributed by atoms with van der Waals surface area (Å²) in [6.07, 6.45) is 1.31. The predicted molar refractivity (Wildman–Crippen MR) is 204 cm³/mol. The molecule has 0 bridgehead atoms. The summed E-state index contributed by atoms with van der Waals surface area (Å²) in [5.41, 5.74) is 9.49. The van der Waals surface area contributed by atoms with E-state index < -0.39 is 0 Å². The maximum atomic E-state index is 2.41. The summed E-state index contributed by atoms with van der Waals surface area (Å²) in [6.45, 7) is 6.70. The molecule has 0 atom stereocenters. The smallest absolute Gasteiger partial charge is 1.00 e. The first-order chi connectivity index (χ1) is 23.0. The average molecular weight is 829 g/mol. The van der Waals surface area contributed by atoms with E-state index in [1.807, 2.05) is 30.3 Å². The van der Waals surface area contributed by atoms with Crippen LogP contribution < -0.4 is 24.8 Å². The number of hydrogen-bond donors (Lipinski definition) is 0. The number of aryl methyl sites for hydroxylation is 3. The molecule has 5 heteroatoms. The van der Waals surface area contributed by atoms with E-state index in [0.29, 0.717) is 0 Å². The van der Waals surface area contributed by atoms with Crippen molar-refractivity contribution in [3.63, 3.8) is 0 Å². The van der Waals surface area contributed by atoms with Gasteiger partial charge in [0.15, 0.2) is 0 Å². The molecule has 0 aliphatic carbocycles. The van der Waals surface area contributed by atoms with E-state index in [9.17, 15) is 0 Å². The van der Waals surface area contributed by atoms with E-state index in [4.69, 9.17) is 0 Å². The second-order valence-electron chi connectivity index (χ2n) is 12.0. The molecule has 8 aromatic rings. The first kappa shape index (κ1) is 43.2. The second-order valence-corrected chi connectivity index (χ2v) is 20.3. The van der Waals surface area contributed by atoms with Gasteiger partial charge in [-0.25, -0.2) is 12.1 Å². The van der Waals surface area contributed by atoms with E-state index in [0.717, 1.165) is 0 Å². The van der Waals surface area contributed by atoms with Crippen molar-refractivity contribution in [1.82, 2.24) is 0 Å². The Hall–Kier alpha value is -3.00. The molecule has 0 radical (unpaired) electrons. The number of fused-ring (bicyclic) bond motifs is 2. The van der Waals surface area contributed by atoms with Crippen molar-refractivity contribution >= 4 is 27.0 Å². The van der Waals surface area contributed by atoms with Gasteiger partial charge in [0.2, 0.25) is 0 Å². The molecule has 0 aromatic heterocycles. The summed E-state index contributed by atoms with van der Waals surface area (Å²) in [4.78, 5) is 0. The fraction of sp³-hybridized carbons (Fsp3) is 0.111. The molecule has 0 saturated carbocycles. The Morgan fingerprint density at radius 2 is 1.04 bits per heavy atom. The maximum Gasteiger partial charge on any atom is 2.00 e. The van der Waals surface area contributed by atoms with Crippen LogP contribution in [0.4, 0.5) is 0 Å². The molecular weight excluding hydrogens is 787 g/mol. The molecule has 0 aliphatic heterocycles. The Labute approximate surface area is 337 Å². The molecular formula is C45H42Cl2FeSiZr-2. The van der Waals surface area contributed by atoms with Crippen LogP contribution in [0.1, 0.15) is 16.7 Å². The maximum absolute atomic E-state index is 2.41. The van der Waals surface area contributed by atoms with Crippen LogP contribution in [0.5, 0.6) is 0 Å². The van der Waals surface area contributed by atoms with Gasteiger partial charge in [-0.2, -0.15) is 30.3 Å².